The number of rotatable bonds is 16. The topological polar surface area (TPSA) is 71.1 Å². The number of carbonyl (C=O) groups is 1. The number of allylic oxidation sites excluding steroid dienone is 1. The normalized spacial score (nSPS) is 23.8. The van der Waals surface area contributed by atoms with Crippen LogP contribution in [-0.4, -0.2) is 25.8 Å². The molecule has 7 heteroatoms. The molecule has 174 valence electrons. The third-order valence-corrected chi connectivity index (χ3v) is 7.16. The van der Waals surface area contributed by atoms with Crippen LogP contribution < -0.4 is 0 Å². The molecule has 2 atom stereocenters. The van der Waals surface area contributed by atoms with E-state index >= 15 is 0 Å². The molecule has 0 radical (unpaired) electrons. The Morgan fingerprint density at radius 3 is 2.10 bits per heavy atom. The monoisotopic (exact) mass is 444 g/mol. The number of carbonyl (C=O) groups excluding carboxylic acids is 1. The molecule has 2 rings (SSSR count). The molecule has 0 amide bonds. The molecular formula is C23H41O6P. The van der Waals surface area contributed by atoms with Gasteiger partial charge < -0.3 is 9.26 Å². The number of ether oxygens (including phenoxy) is 1. The summed E-state index contributed by atoms with van der Waals surface area (Å²) >= 11 is 0. The molecule has 1 fully saturated rings. The van der Waals surface area contributed by atoms with Crippen LogP contribution in [0, 0.1) is 5.92 Å². The van der Waals surface area contributed by atoms with Crippen LogP contribution in [0.5, 0.6) is 0 Å². The summed E-state index contributed by atoms with van der Waals surface area (Å²) in [4.78, 5) is 12.1. The van der Waals surface area contributed by atoms with Gasteiger partial charge in [-0.25, -0.2) is 9.36 Å². The minimum absolute atomic E-state index is 0.131. The highest BCUT2D eigenvalue weighted by atomic mass is 31.2. The van der Waals surface area contributed by atoms with Gasteiger partial charge in [-0.3, -0.25) is 9.05 Å². The molecule has 2 unspecified atom stereocenters. The maximum absolute atomic E-state index is 13.0. The first kappa shape index (κ1) is 25.4. The second kappa shape index (κ2) is 14.3. The summed E-state index contributed by atoms with van der Waals surface area (Å²) in [6, 6.07) is 0. The minimum atomic E-state index is -3.68. The van der Waals surface area contributed by atoms with Gasteiger partial charge in [-0.2, -0.15) is 0 Å². The van der Waals surface area contributed by atoms with E-state index in [-0.39, 0.29) is 25.1 Å². The van der Waals surface area contributed by atoms with Gasteiger partial charge in [0.25, 0.3) is 0 Å². The van der Waals surface area contributed by atoms with Gasteiger partial charge in [0.2, 0.25) is 0 Å². The Morgan fingerprint density at radius 1 is 0.867 bits per heavy atom. The third-order valence-electron chi connectivity index (χ3n) is 5.75. The fourth-order valence-corrected chi connectivity index (χ4v) is 5.25. The molecule has 0 aliphatic carbocycles. The van der Waals surface area contributed by atoms with Crippen molar-refractivity contribution in [3.05, 3.63) is 11.3 Å². The van der Waals surface area contributed by atoms with Gasteiger partial charge in [0.15, 0.2) is 0 Å². The number of unbranched alkanes of at least 4 members (excludes halogenated alkanes) is 11. The lowest BCUT2D eigenvalue weighted by Crippen LogP contribution is -2.10. The number of esters is 1. The zero-order valence-electron chi connectivity index (χ0n) is 19.0. The van der Waals surface area contributed by atoms with Gasteiger partial charge >= 0.3 is 13.8 Å². The molecule has 2 aliphatic rings. The summed E-state index contributed by atoms with van der Waals surface area (Å²) in [5.74, 6) is -0.164. The second-order valence-corrected chi connectivity index (χ2v) is 10.0. The number of hydrogen-bond acceptors (Lipinski definition) is 6. The molecule has 0 aromatic carbocycles. The van der Waals surface area contributed by atoms with E-state index in [1.807, 2.05) is 0 Å². The lowest BCUT2D eigenvalue weighted by atomic mass is 10.00. The molecule has 6 nitrogen and oxygen atoms in total. The lowest BCUT2D eigenvalue weighted by Gasteiger charge is -2.18. The highest BCUT2D eigenvalue weighted by Crippen LogP contribution is 2.55. The van der Waals surface area contributed by atoms with Crippen molar-refractivity contribution in [2.24, 2.45) is 5.92 Å². The average molecular weight is 445 g/mol. The quantitative estimate of drug-likeness (QED) is 0.144. The SMILES string of the molecule is CCCCCCCCCCCCCOP1(=O)OCC2COC(=O)C2=C(CCCC)O1. The summed E-state index contributed by atoms with van der Waals surface area (Å²) in [7, 11) is -3.68. The lowest BCUT2D eigenvalue weighted by molar-refractivity contribution is -0.135. The summed E-state index contributed by atoms with van der Waals surface area (Å²) < 4.78 is 34.9. The molecule has 0 spiro atoms. The van der Waals surface area contributed by atoms with Crippen LogP contribution in [0.2, 0.25) is 0 Å². The number of cyclic esters (lactones) is 1. The minimum Gasteiger partial charge on any atom is -0.461 e. The largest absolute Gasteiger partial charge is 0.529 e. The van der Waals surface area contributed by atoms with Gasteiger partial charge in [-0.05, 0) is 12.8 Å². The number of fused-ring (bicyclic) bond motifs is 1. The van der Waals surface area contributed by atoms with Gasteiger partial charge in [0, 0.05) is 6.42 Å². The maximum atomic E-state index is 13.0. The second-order valence-electron chi connectivity index (χ2n) is 8.44. The average Bonchev–Trinajstić information content (AvgIpc) is 3.04. The van der Waals surface area contributed by atoms with Crippen molar-refractivity contribution in [2.45, 2.75) is 104 Å². The number of hydrogen-bond donors (Lipinski definition) is 0. The molecule has 30 heavy (non-hydrogen) atoms. The van der Waals surface area contributed by atoms with Gasteiger partial charge in [0.05, 0.1) is 24.7 Å². The molecule has 2 heterocycles. The number of phosphoric ester groups is 1. The fourth-order valence-electron chi connectivity index (χ4n) is 3.89. The Morgan fingerprint density at radius 2 is 1.47 bits per heavy atom. The van der Waals surface area contributed by atoms with Crippen LogP contribution in [0.25, 0.3) is 0 Å². The predicted molar refractivity (Wildman–Crippen MR) is 118 cm³/mol. The van der Waals surface area contributed by atoms with E-state index in [0.29, 0.717) is 24.4 Å². The Kier molecular flexibility index (Phi) is 12.1. The van der Waals surface area contributed by atoms with E-state index in [1.165, 1.54) is 57.8 Å². The van der Waals surface area contributed by atoms with Crippen molar-refractivity contribution < 1.29 is 27.7 Å². The van der Waals surface area contributed by atoms with Crippen LogP contribution in [0.1, 0.15) is 104 Å². The highest BCUT2D eigenvalue weighted by molar-refractivity contribution is 7.48. The van der Waals surface area contributed by atoms with Crippen molar-refractivity contribution in [1.29, 1.82) is 0 Å². The molecule has 0 saturated carbocycles. The number of phosphoric acid groups is 1. The third kappa shape index (κ3) is 8.72. The van der Waals surface area contributed by atoms with Crippen LogP contribution in [0.3, 0.4) is 0 Å². The molecule has 0 N–H and O–H groups in total. The first-order chi connectivity index (χ1) is 14.6. The smallest absolute Gasteiger partial charge is 0.461 e. The summed E-state index contributed by atoms with van der Waals surface area (Å²) in [6.45, 7) is 5.04. The Labute approximate surface area is 182 Å². The Balaban J connectivity index is 1.65. The molecule has 1 saturated heterocycles. The zero-order chi connectivity index (χ0) is 21.7. The first-order valence-corrected chi connectivity index (χ1v) is 13.5. The Hall–Kier alpha value is -0.840. The summed E-state index contributed by atoms with van der Waals surface area (Å²) in [5, 5.41) is 0. The van der Waals surface area contributed by atoms with Crippen LogP contribution >= 0.6 is 7.82 Å². The standard InChI is InChI=1S/C23H41O6P/c1-3-5-7-8-9-10-11-12-13-14-15-17-27-30(25)28-19-20-18-26-23(24)22(20)21(29-30)16-6-4-2/h20H,3-19H2,1-2H3. The summed E-state index contributed by atoms with van der Waals surface area (Å²) in [6.07, 6.45) is 16.0. The Bertz CT molecular complexity index is 588. The van der Waals surface area contributed by atoms with Crippen molar-refractivity contribution >= 4 is 13.8 Å². The molecule has 2 aliphatic heterocycles. The summed E-state index contributed by atoms with van der Waals surface area (Å²) in [5.41, 5.74) is 0.486. The fraction of sp³-hybridized carbons (Fsp3) is 0.870. The molecular weight excluding hydrogens is 403 g/mol. The van der Waals surface area contributed by atoms with Crippen molar-refractivity contribution in [2.75, 3.05) is 19.8 Å². The van der Waals surface area contributed by atoms with Gasteiger partial charge in [-0.15, -0.1) is 0 Å². The highest BCUT2D eigenvalue weighted by Gasteiger charge is 2.43. The van der Waals surface area contributed by atoms with Crippen LogP contribution in [0.15, 0.2) is 11.3 Å². The van der Waals surface area contributed by atoms with Crippen molar-refractivity contribution in [3.63, 3.8) is 0 Å². The molecule has 0 aromatic rings. The van der Waals surface area contributed by atoms with E-state index in [4.69, 9.17) is 18.3 Å². The first-order valence-electron chi connectivity index (χ1n) is 12.1. The van der Waals surface area contributed by atoms with Crippen molar-refractivity contribution in [3.8, 4) is 0 Å². The van der Waals surface area contributed by atoms with E-state index < -0.39 is 7.82 Å². The van der Waals surface area contributed by atoms with Gasteiger partial charge in [-0.1, -0.05) is 84.5 Å². The van der Waals surface area contributed by atoms with Crippen molar-refractivity contribution in [1.82, 2.24) is 0 Å². The van der Waals surface area contributed by atoms with E-state index in [2.05, 4.69) is 13.8 Å². The van der Waals surface area contributed by atoms with Crippen LogP contribution in [-0.2, 0) is 27.7 Å². The molecule has 0 bridgehead atoms. The van der Waals surface area contributed by atoms with E-state index in [1.54, 1.807) is 0 Å². The predicted octanol–water partition coefficient (Wildman–Crippen LogP) is 7.09. The van der Waals surface area contributed by atoms with Crippen LogP contribution in [0.4, 0.5) is 0 Å². The zero-order valence-corrected chi connectivity index (χ0v) is 19.9. The molecule has 0 aromatic heterocycles. The van der Waals surface area contributed by atoms with E-state index in [9.17, 15) is 9.36 Å². The van der Waals surface area contributed by atoms with E-state index in [0.717, 1.165) is 25.7 Å². The maximum Gasteiger partial charge on any atom is 0.529 e. The van der Waals surface area contributed by atoms with Gasteiger partial charge in [0.1, 0.15) is 12.4 Å².